The summed E-state index contributed by atoms with van der Waals surface area (Å²) in [4.78, 5) is 11.6. The van der Waals surface area contributed by atoms with Gasteiger partial charge < -0.3 is 10.6 Å². The molecule has 3 nitrogen and oxygen atoms in total. The van der Waals surface area contributed by atoms with E-state index in [-0.39, 0.29) is 16.0 Å². The van der Waals surface area contributed by atoms with Crippen LogP contribution in [0.25, 0.3) is 0 Å². The largest absolute Gasteiger partial charge is 0.341 e. The topological polar surface area (TPSA) is 41.1 Å². The van der Waals surface area contributed by atoms with Gasteiger partial charge in [0.25, 0.3) is 0 Å². The molecule has 0 saturated carbocycles. The van der Waals surface area contributed by atoms with Crippen LogP contribution in [0, 0.1) is 0 Å². The molecular weight excluding hydrogens is 184 g/mol. The maximum absolute atomic E-state index is 11.5. The fraction of sp³-hybridized carbons (Fsp3) is 0.889. The molecule has 74 valence electrons. The predicted molar refractivity (Wildman–Crippen MR) is 54.6 cm³/mol. The summed E-state index contributed by atoms with van der Waals surface area (Å²) in [5.74, 6) is 0.245. The maximum Gasteiger partial charge on any atom is 0.234 e. The van der Waals surface area contributed by atoms with Crippen molar-refractivity contribution in [2.75, 3.05) is 13.1 Å². The van der Waals surface area contributed by atoms with E-state index in [9.17, 15) is 4.79 Å². The van der Waals surface area contributed by atoms with E-state index in [1.54, 1.807) is 0 Å². The molecule has 0 aromatic rings. The Morgan fingerprint density at radius 2 is 2.23 bits per heavy atom. The van der Waals surface area contributed by atoms with Crippen molar-refractivity contribution in [1.29, 1.82) is 0 Å². The summed E-state index contributed by atoms with van der Waals surface area (Å²) < 4.78 is 0. The molecule has 0 aromatic heterocycles. The van der Waals surface area contributed by atoms with Gasteiger partial charge in [0.2, 0.25) is 5.91 Å². The van der Waals surface area contributed by atoms with Crippen LogP contribution in [0.3, 0.4) is 0 Å². The molecule has 2 heterocycles. The van der Waals surface area contributed by atoms with E-state index in [2.05, 4.69) is 17.6 Å². The minimum Gasteiger partial charge on any atom is -0.341 e. The number of carbonyl (C=O) groups is 1. The number of amides is 1. The monoisotopic (exact) mass is 200 g/mol. The van der Waals surface area contributed by atoms with E-state index in [1.807, 2.05) is 11.8 Å². The summed E-state index contributed by atoms with van der Waals surface area (Å²) in [5.41, 5.74) is 0. The van der Waals surface area contributed by atoms with Crippen molar-refractivity contribution in [2.24, 2.45) is 0 Å². The van der Waals surface area contributed by atoms with E-state index < -0.39 is 0 Å². The molecule has 13 heavy (non-hydrogen) atoms. The zero-order valence-electron chi connectivity index (χ0n) is 7.93. The summed E-state index contributed by atoms with van der Waals surface area (Å²) in [6.07, 6.45) is 3.09. The van der Waals surface area contributed by atoms with Gasteiger partial charge in [-0.1, -0.05) is 6.92 Å². The average Bonchev–Trinajstić information content (AvgIpc) is 2.44. The fourth-order valence-corrected chi connectivity index (χ4v) is 3.48. The van der Waals surface area contributed by atoms with Crippen molar-refractivity contribution in [1.82, 2.24) is 10.6 Å². The van der Waals surface area contributed by atoms with Gasteiger partial charge in [-0.2, -0.15) is 0 Å². The molecule has 4 heteroatoms. The van der Waals surface area contributed by atoms with Gasteiger partial charge in [-0.3, -0.25) is 4.79 Å². The highest BCUT2D eigenvalue weighted by Gasteiger charge is 2.44. The van der Waals surface area contributed by atoms with Crippen molar-refractivity contribution >= 4 is 17.7 Å². The summed E-state index contributed by atoms with van der Waals surface area (Å²) >= 11 is 1.84. The van der Waals surface area contributed by atoms with Crippen LogP contribution in [-0.4, -0.2) is 29.1 Å². The maximum atomic E-state index is 11.5. The second kappa shape index (κ2) is 3.50. The van der Waals surface area contributed by atoms with Crippen LogP contribution in [0.4, 0.5) is 0 Å². The molecule has 0 radical (unpaired) electrons. The van der Waals surface area contributed by atoms with Gasteiger partial charge in [-0.15, -0.1) is 11.8 Å². The number of hydrogen-bond donors (Lipinski definition) is 2. The van der Waals surface area contributed by atoms with Crippen LogP contribution in [0.15, 0.2) is 0 Å². The molecule has 2 rings (SSSR count). The van der Waals surface area contributed by atoms with E-state index in [4.69, 9.17) is 0 Å². The van der Waals surface area contributed by atoms with Crippen LogP contribution in [-0.2, 0) is 4.79 Å². The highest BCUT2D eigenvalue weighted by molar-refractivity contribution is 8.02. The predicted octanol–water partition coefficient (Wildman–Crippen LogP) is 0.708. The van der Waals surface area contributed by atoms with Gasteiger partial charge in [0.05, 0.1) is 10.1 Å². The van der Waals surface area contributed by atoms with Crippen LogP contribution in [0.2, 0.25) is 0 Å². The van der Waals surface area contributed by atoms with Crippen LogP contribution in [0.1, 0.15) is 26.2 Å². The number of piperidine rings is 1. The van der Waals surface area contributed by atoms with Crippen molar-refractivity contribution < 1.29 is 4.79 Å². The van der Waals surface area contributed by atoms with Gasteiger partial charge in [0.1, 0.15) is 0 Å². The summed E-state index contributed by atoms with van der Waals surface area (Å²) in [5, 5.41) is 6.67. The number of carbonyl (C=O) groups excluding carboxylic acids is 1. The number of nitrogens with one attached hydrogen (secondary N) is 2. The molecule has 2 saturated heterocycles. The number of thioether (sulfide) groups is 1. The molecule has 0 bridgehead atoms. The first-order valence-corrected chi connectivity index (χ1v) is 5.84. The second-order valence-corrected chi connectivity index (χ2v) is 5.33. The molecule has 1 spiro atoms. The lowest BCUT2D eigenvalue weighted by Crippen LogP contribution is -2.47. The third-order valence-electron chi connectivity index (χ3n) is 2.79. The van der Waals surface area contributed by atoms with E-state index >= 15 is 0 Å². The van der Waals surface area contributed by atoms with Crippen LogP contribution >= 0.6 is 11.8 Å². The molecule has 0 unspecified atom stereocenters. The van der Waals surface area contributed by atoms with Crippen molar-refractivity contribution in [3.63, 3.8) is 0 Å². The average molecular weight is 200 g/mol. The summed E-state index contributed by atoms with van der Waals surface area (Å²) in [7, 11) is 0. The third-order valence-corrected chi connectivity index (χ3v) is 4.59. The van der Waals surface area contributed by atoms with Crippen LogP contribution in [0.5, 0.6) is 0 Å². The Morgan fingerprint density at radius 3 is 2.77 bits per heavy atom. The standard InChI is InChI=1S/C9H16N2OS/c1-2-7-8(12)11-9(13-7)3-5-10-6-4-9/h7,10H,2-6H2,1H3,(H,11,12)/t7-/m1/s1. The second-order valence-electron chi connectivity index (χ2n) is 3.75. The number of rotatable bonds is 1. The first-order valence-electron chi connectivity index (χ1n) is 4.96. The SMILES string of the molecule is CC[C@H]1SC2(CCNCC2)NC1=O. The highest BCUT2D eigenvalue weighted by Crippen LogP contribution is 2.40. The molecular formula is C9H16N2OS. The van der Waals surface area contributed by atoms with Crippen molar-refractivity contribution in [3.05, 3.63) is 0 Å². The molecule has 2 N–H and O–H groups in total. The molecule has 2 aliphatic heterocycles. The quantitative estimate of drug-likeness (QED) is 0.655. The minimum atomic E-state index is 0.0724. The van der Waals surface area contributed by atoms with E-state index in [0.717, 1.165) is 32.4 Å². The Balaban J connectivity index is 2.05. The molecule has 0 aliphatic carbocycles. The van der Waals surface area contributed by atoms with Gasteiger partial charge in [-0.25, -0.2) is 0 Å². The smallest absolute Gasteiger partial charge is 0.234 e. The molecule has 0 aromatic carbocycles. The van der Waals surface area contributed by atoms with E-state index in [1.165, 1.54) is 0 Å². The zero-order valence-corrected chi connectivity index (χ0v) is 8.75. The zero-order chi connectivity index (χ0) is 9.31. The number of hydrogen-bond acceptors (Lipinski definition) is 3. The fourth-order valence-electron chi connectivity index (χ4n) is 2.00. The first kappa shape index (κ1) is 9.34. The lowest BCUT2D eigenvalue weighted by molar-refractivity contribution is -0.120. The lowest BCUT2D eigenvalue weighted by atomic mass is 10.1. The molecule has 2 fully saturated rings. The minimum absolute atomic E-state index is 0.0724. The normalized spacial score (nSPS) is 32.1. The van der Waals surface area contributed by atoms with E-state index in [0.29, 0.717) is 0 Å². The Kier molecular flexibility index (Phi) is 2.51. The Labute approximate surface area is 83.0 Å². The highest BCUT2D eigenvalue weighted by atomic mass is 32.2. The Hall–Kier alpha value is -0.220. The lowest BCUT2D eigenvalue weighted by Gasteiger charge is -2.32. The van der Waals surface area contributed by atoms with Gasteiger partial charge >= 0.3 is 0 Å². The molecule has 2 aliphatic rings. The first-order chi connectivity index (χ1) is 6.26. The Morgan fingerprint density at radius 1 is 1.54 bits per heavy atom. The molecule has 1 amide bonds. The van der Waals surface area contributed by atoms with Gasteiger partial charge in [0.15, 0.2) is 0 Å². The van der Waals surface area contributed by atoms with Gasteiger partial charge in [0, 0.05) is 0 Å². The molecule has 1 atom stereocenters. The van der Waals surface area contributed by atoms with Crippen molar-refractivity contribution in [2.45, 2.75) is 36.3 Å². The van der Waals surface area contributed by atoms with Gasteiger partial charge in [-0.05, 0) is 32.4 Å². The summed E-state index contributed by atoms with van der Waals surface area (Å²) in [6, 6.07) is 0. The Bertz CT molecular complexity index is 214. The third kappa shape index (κ3) is 1.70. The van der Waals surface area contributed by atoms with Crippen molar-refractivity contribution in [3.8, 4) is 0 Å². The van der Waals surface area contributed by atoms with Crippen LogP contribution < -0.4 is 10.6 Å². The summed E-state index contributed by atoms with van der Waals surface area (Å²) in [6.45, 7) is 4.14.